The molecule has 1 saturated heterocycles. The second kappa shape index (κ2) is 4.66. The van der Waals surface area contributed by atoms with Crippen LogP contribution in [-0.2, 0) is 0 Å². The van der Waals surface area contributed by atoms with Crippen LogP contribution >= 0.6 is 0 Å². The largest absolute Gasteiger partial charge is 0.311 e. The molecule has 3 rings (SSSR count). The Morgan fingerprint density at radius 2 is 1.75 bits per heavy atom. The highest BCUT2D eigenvalue weighted by Gasteiger charge is 2.32. The molecule has 2 aliphatic carbocycles. The van der Waals surface area contributed by atoms with E-state index in [2.05, 4.69) is 17.1 Å². The number of hydrogen-bond acceptors (Lipinski definition) is 2. The van der Waals surface area contributed by atoms with Crippen LogP contribution in [0, 0.1) is 5.92 Å². The van der Waals surface area contributed by atoms with Crippen LogP contribution in [0.15, 0.2) is 0 Å². The van der Waals surface area contributed by atoms with E-state index in [9.17, 15) is 0 Å². The molecule has 0 radical (unpaired) electrons. The molecule has 1 heterocycles. The maximum atomic E-state index is 3.84. The van der Waals surface area contributed by atoms with E-state index >= 15 is 0 Å². The maximum absolute atomic E-state index is 3.84. The summed E-state index contributed by atoms with van der Waals surface area (Å²) < 4.78 is 0. The maximum Gasteiger partial charge on any atom is 0.00964 e. The summed E-state index contributed by atoms with van der Waals surface area (Å²) in [4.78, 5) is 2.71. The van der Waals surface area contributed by atoms with Gasteiger partial charge in [-0.3, -0.25) is 0 Å². The van der Waals surface area contributed by atoms with Crippen LogP contribution in [-0.4, -0.2) is 36.1 Å². The summed E-state index contributed by atoms with van der Waals surface area (Å²) in [6.45, 7) is 5.07. The van der Waals surface area contributed by atoms with Crippen molar-refractivity contribution in [1.29, 1.82) is 0 Å². The summed E-state index contributed by atoms with van der Waals surface area (Å²) in [5.41, 5.74) is 0. The van der Waals surface area contributed by atoms with Crippen molar-refractivity contribution >= 4 is 0 Å². The molecule has 16 heavy (non-hydrogen) atoms. The van der Waals surface area contributed by atoms with E-state index in [-0.39, 0.29) is 0 Å². The molecule has 0 amide bonds. The molecule has 0 spiro atoms. The number of piperidine rings is 1. The quantitative estimate of drug-likeness (QED) is 0.768. The van der Waals surface area contributed by atoms with Crippen molar-refractivity contribution in [1.82, 2.24) is 10.2 Å². The predicted octanol–water partition coefficient (Wildman–Crippen LogP) is 2.39. The monoisotopic (exact) mass is 222 g/mol. The lowest BCUT2D eigenvalue weighted by Crippen LogP contribution is -2.46. The molecule has 1 N–H and O–H groups in total. The Labute approximate surface area is 99.8 Å². The van der Waals surface area contributed by atoms with Crippen LogP contribution in [0.1, 0.15) is 51.9 Å². The van der Waals surface area contributed by atoms with E-state index in [1.165, 1.54) is 58.0 Å². The smallest absolute Gasteiger partial charge is 0.00964 e. The zero-order valence-corrected chi connectivity index (χ0v) is 10.6. The molecule has 0 aromatic heterocycles. The van der Waals surface area contributed by atoms with Gasteiger partial charge in [0.15, 0.2) is 0 Å². The first-order valence-electron chi connectivity index (χ1n) is 7.31. The molecule has 0 aromatic rings. The molecule has 2 heteroatoms. The average Bonchev–Trinajstić information content (AvgIpc) is 3.13. The highest BCUT2D eigenvalue weighted by molar-refractivity contribution is 4.89. The summed E-state index contributed by atoms with van der Waals surface area (Å²) in [5.74, 6) is 1.06. The molecule has 92 valence electrons. The number of hydrogen-bond donors (Lipinski definition) is 1. The molecule has 0 bridgehead atoms. The topological polar surface area (TPSA) is 15.3 Å². The van der Waals surface area contributed by atoms with E-state index in [1.54, 1.807) is 0 Å². The van der Waals surface area contributed by atoms with E-state index in [4.69, 9.17) is 0 Å². The SMILES string of the molecule is CC(CC1CC1)NC1CCN(C2CC2)CC1. The first-order valence-corrected chi connectivity index (χ1v) is 7.31. The Kier molecular flexibility index (Phi) is 3.21. The first-order chi connectivity index (χ1) is 7.81. The Bertz CT molecular complexity index is 225. The zero-order valence-electron chi connectivity index (χ0n) is 10.6. The first kappa shape index (κ1) is 11.0. The molecule has 3 fully saturated rings. The number of rotatable bonds is 5. The Hall–Kier alpha value is -0.0800. The van der Waals surface area contributed by atoms with Crippen molar-refractivity contribution in [3.05, 3.63) is 0 Å². The Morgan fingerprint density at radius 3 is 2.31 bits per heavy atom. The fourth-order valence-corrected chi connectivity index (χ4v) is 3.19. The van der Waals surface area contributed by atoms with Crippen LogP contribution in [0.2, 0.25) is 0 Å². The molecule has 1 unspecified atom stereocenters. The molecule has 2 nitrogen and oxygen atoms in total. The highest BCUT2D eigenvalue weighted by Crippen LogP contribution is 2.34. The molecule has 1 atom stereocenters. The number of nitrogens with zero attached hydrogens (tertiary/aromatic N) is 1. The fraction of sp³-hybridized carbons (Fsp3) is 1.00. The predicted molar refractivity (Wildman–Crippen MR) is 67.6 cm³/mol. The fourth-order valence-electron chi connectivity index (χ4n) is 3.19. The summed E-state index contributed by atoms with van der Waals surface area (Å²) >= 11 is 0. The van der Waals surface area contributed by atoms with Gasteiger partial charge in [0, 0.05) is 18.1 Å². The van der Waals surface area contributed by atoms with Gasteiger partial charge >= 0.3 is 0 Å². The number of nitrogens with one attached hydrogen (secondary N) is 1. The van der Waals surface area contributed by atoms with Gasteiger partial charge in [-0.2, -0.15) is 0 Å². The summed E-state index contributed by atoms with van der Waals surface area (Å²) in [6, 6.07) is 2.54. The van der Waals surface area contributed by atoms with E-state index in [0.717, 1.165) is 24.0 Å². The van der Waals surface area contributed by atoms with Gasteiger partial charge in [-0.15, -0.1) is 0 Å². The lowest BCUT2D eigenvalue weighted by atomic mass is 10.0. The second-order valence-electron chi connectivity index (χ2n) is 6.29. The molecule has 2 saturated carbocycles. The van der Waals surface area contributed by atoms with E-state index in [1.807, 2.05) is 0 Å². The van der Waals surface area contributed by atoms with E-state index < -0.39 is 0 Å². The van der Waals surface area contributed by atoms with Crippen LogP contribution in [0.5, 0.6) is 0 Å². The Balaban J connectivity index is 1.36. The minimum absolute atomic E-state index is 0.755. The van der Waals surface area contributed by atoms with E-state index in [0.29, 0.717) is 0 Å². The number of likely N-dealkylation sites (tertiary alicyclic amines) is 1. The minimum atomic E-state index is 0.755. The van der Waals surface area contributed by atoms with Crippen molar-refractivity contribution in [2.24, 2.45) is 5.92 Å². The molecule has 1 aliphatic heterocycles. The Morgan fingerprint density at radius 1 is 1.06 bits per heavy atom. The molecular weight excluding hydrogens is 196 g/mol. The summed E-state index contributed by atoms with van der Waals surface area (Å²) in [6.07, 6.45) is 10.1. The standard InChI is InChI=1S/C14H26N2/c1-11(10-12-2-3-12)15-13-6-8-16(9-7-13)14-4-5-14/h11-15H,2-10H2,1H3. The van der Waals surface area contributed by atoms with Crippen molar-refractivity contribution < 1.29 is 0 Å². The van der Waals surface area contributed by atoms with Gasteiger partial charge in [-0.05, 0) is 58.0 Å². The van der Waals surface area contributed by atoms with Crippen molar-refractivity contribution in [2.75, 3.05) is 13.1 Å². The van der Waals surface area contributed by atoms with Crippen molar-refractivity contribution in [3.63, 3.8) is 0 Å². The van der Waals surface area contributed by atoms with Gasteiger partial charge in [0.2, 0.25) is 0 Å². The van der Waals surface area contributed by atoms with Crippen LogP contribution in [0.4, 0.5) is 0 Å². The average molecular weight is 222 g/mol. The van der Waals surface area contributed by atoms with Gasteiger partial charge < -0.3 is 10.2 Å². The molecular formula is C14H26N2. The molecule has 0 aromatic carbocycles. The second-order valence-corrected chi connectivity index (χ2v) is 6.29. The minimum Gasteiger partial charge on any atom is -0.311 e. The van der Waals surface area contributed by atoms with Crippen LogP contribution < -0.4 is 5.32 Å². The normalized spacial score (nSPS) is 30.6. The third-order valence-corrected chi connectivity index (χ3v) is 4.50. The lowest BCUT2D eigenvalue weighted by molar-refractivity contribution is 0.182. The van der Waals surface area contributed by atoms with Gasteiger partial charge in [0.25, 0.3) is 0 Å². The van der Waals surface area contributed by atoms with Crippen molar-refractivity contribution in [3.8, 4) is 0 Å². The molecule has 3 aliphatic rings. The van der Waals surface area contributed by atoms with Crippen molar-refractivity contribution in [2.45, 2.75) is 70.0 Å². The summed E-state index contributed by atoms with van der Waals surface area (Å²) in [5, 5.41) is 3.84. The van der Waals surface area contributed by atoms with Crippen LogP contribution in [0.25, 0.3) is 0 Å². The van der Waals surface area contributed by atoms with Gasteiger partial charge in [0.05, 0.1) is 0 Å². The highest BCUT2D eigenvalue weighted by atomic mass is 15.2. The third-order valence-electron chi connectivity index (χ3n) is 4.50. The van der Waals surface area contributed by atoms with Gasteiger partial charge in [0.1, 0.15) is 0 Å². The lowest BCUT2D eigenvalue weighted by Gasteiger charge is -2.34. The van der Waals surface area contributed by atoms with Crippen LogP contribution in [0.3, 0.4) is 0 Å². The third kappa shape index (κ3) is 2.98. The van der Waals surface area contributed by atoms with Gasteiger partial charge in [-0.25, -0.2) is 0 Å². The summed E-state index contributed by atoms with van der Waals surface area (Å²) in [7, 11) is 0. The van der Waals surface area contributed by atoms with Gasteiger partial charge in [-0.1, -0.05) is 12.8 Å². The zero-order chi connectivity index (χ0) is 11.0.